The van der Waals surface area contributed by atoms with E-state index in [-0.39, 0.29) is 0 Å². The molecule has 4 aromatic heterocycles. The first-order chi connectivity index (χ1) is 28.3. The zero-order valence-electron chi connectivity index (χ0n) is 30.6. The van der Waals surface area contributed by atoms with Gasteiger partial charge >= 0.3 is 0 Å². The molecule has 0 unspecified atom stereocenters. The van der Waals surface area contributed by atoms with Crippen LogP contribution in [0.5, 0.6) is 11.8 Å². The largest absolute Gasteiger partial charge is 0.421 e. The molecule has 2 N–H and O–H groups in total. The van der Waals surface area contributed by atoms with Crippen molar-refractivity contribution in [1.82, 2.24) is 39.0 Å². The number of imidazole rings is 4. The van der Waals surface area contributed by atoms with Gasteiger partial charge in [-0.15, -0.1) is 0 Å². The Morgan fingerprint density at radius 1 is 0.368 bits per heavy atom. The smallest absolute Gasteiger partial charge is 0.219 e. The maximum Gasteiger partial charge on any atom is 0.219 e. The second-order valence-corrected chi connectivity index (χ2v) is 13.4. The Labute approximate surface area is 328 Å². The molecular weight excluding hydrogens is 705 g/mol. The summed E-state index contributed by atoms with van der Waals surface area (Å²) in [5.74, 6) is 3.25. The van der Waals surface area contributed by atoms with E-state index in [0.717, 1.165) is 55.9 Å². The molecule has 10 rings (SSSR count). The number of aromatic nitrogens is 8. The van der Waals surface area contributed by atoms with Crippen LogP contribution in [-0.4, -0.2) is 39.0 Å². The van der Waals surface area contributed by atoms with Crippen molar-refractivity contribution in [3.63, 3.8) is 0 Å². The molecular formula is C48H34N8O. The van der Waals surface area contributed by atoms with E-state index in [0.29, 0.717) is 35.1 Å². The number of ether oxygens (including phenoxy) is 1. The molecule has 0 aliphatic heterocycles. The quantitative estimate of drug-likeness (QED) is 0.145. The van der Waals surface area contributed by atoms with Crippen molar-refractivity contribution in [3.8, 4) is 90.9 Å². The number of hydrogen-bond acceptors (Lipinski definition) is 5. The number of H-pyrrole nitrogens is 2. The van der Waals surface area contributed by atoms with Gasteiger partial charge in [0.2, 0.25) is 11.8 Å². The summed E-state index contributed by atoms with van der Waals surface area (Å²) in [7, 11) is 0. The Bertz CT molecular complexity index is 2610. The first kappa shape index (κ1) is 33.5. The van der Waals surface area contributed by atoms with Crippen LogP contribution >= 0.6 is 0 Å². The van der Waals surface area contributed by atoms with E-state index >= 15 is 0 Å². The molecule has 0 saturated carbocycles. The van der Waals surface area contributed by atoms with Crippen molar-refractivity contribution in [2.75, 3.05) is 0 Å². The van der Waals surface area contributed by atoms with Crippen LogP contribution in [0.3, 0.4) is 0 Å². The molecule has 9 heteroatoms. The lowest BCUT2D eigenvalue weighted by atomic mass is 9.95. The normalized spacial score (nSPS) is 11.2. The minimum Gasteiger partial charge on any atom is -0.421 e. The summed E-state index contributed by atoms with van der Waals surface area (Å²) in [5, 5.41) is 0. The third kappa shape index (κ3) is 6.39. The van der Waals surface area contributed by atoms with Crippen molar-refractivity contribution in [1.29, 1.82) is 0 Å². The number of hydrogen-bond donors (Lipinski definition) is 2. The molecule has 0 bridgehead atoms. The fraction of sp³-hybridized carbons (Fsp3) is 0. The van der Waals surface area contributed by atoms with Gasteiger partial charge in [-0.3, -0.25) is 9.13 Å². The first-order valence-corrected chi connectivity index (χ1v) is 18.6. The van der Waals surface area contributed by atoms with E-state index in [1.807, 2.05) is 36.7 Å². The summed E-state index contributed by atoms with van der Waals surface area (Å²) in [6, 6.07) is 54.3. The molecule has 57 heavy (non-hydrogen) atoms. The zero-order valence-corrected chi connectivity index (χ0v) is 30.6. The second kappa shape index (κ2) is 14.7. The fourth-order valence-electron chi connectivity index (χ4n) is 7.39. The van der Waals surface area contributed by atoms with Gasteiger partial charge in [0.15, 0.2) is 23.3 Å². The van der Waals surface area contributed by atoms with Gasteiger partial charge in [0.1, 0.15) is 0 Å². The summed E-state index contributed by atoms with van der Waals surface area (Å²) in [6.07, 6.45) is 10.8. The highest BCUT2D eigenvalue weighted by molar-refractivity contribution is 5.87. The minimum atomic E-state index is 0.429. The Kier molecular flexibility index (Phi) is 8.62. The van der Waals surface area contributed by atoms with Gasteiger partial charge in [-0.2, -0.15) is 0 Å². The average Bonchev–Trinajstić information content (AvgIpc) is 4.13. The number of aromatic amines is 2. The van der Waals surface area contributed by atoms with Gasteiger partial charge < -0.3 is 14.7 Å². The predicted octanol–water partition coefficient (Wildman–Crippen LogP) is 11.3. The van der Waals surface area contributed by atoms with E-state index in [9.17, 15) is 0 Å². The van der Waals surface area contributed by atoms with Crippen molar-refractivity contribution in [3.05, 3.63) is 195 Å². The lowest BCUT2D eigenvalue weighted by Crippen LogP contribution is -2.03. The second-order valence-electron chi connectivity index (χ2n) is 13.4. The molecule has 0 aliphatic rings. The molecule has 0 radical (unpaired) electrons. The summed E-state index contributed by atoms with van der Waals surface area (Å²) < 4.78 is 10.5. The first-order valence-electron chi connectivity index (χ1n) is 18.6. The van der Waals surface area contributed by atoms with Crippen molar-refractivity contribution < 1.29 is 4.74 Å². The molecule has 6 aromatic carbocycles. The molecule has 0 spiro atoms. The predicted molar refractivity (Wildman–Crippen MR) is 224 cm³/mol. The van der Waals surface area contributed by atoms with Crippen LogP contribution < -0.4 is 4.74 Å². The zero-order chi connectivity index (χ0) is 38.0. The van der Waals surface area contributed by atoms with Crippen LogP contribution in [0.25, 0.3) is 79.2 Å². The molecule has 272 valence electrons. The van der Waals surface area contributed by atoms with Crippen LogP contribution in [0.15, 0.2) is 195 Å². The number of para-hydroxylation sites is 2. The highest BCUT2D eigenvalue weighted by atomic mass is 16.5. The molecule has 0 amide bonds. The maximum absolute atomic E-state index is 6.29. The summed E-state index contributed by atoms with van der Waals surface area (Å²) in [4.78, 5) is 25.7. The number of benzene rings is 6. The van der Waals surface area contributed by atoms with Crippen molar-refractivity contribution in [2.45, 2.75) is 0 Å². The molecule has 0 fully saturated rings. The Balaban J connectivity index is 0.986. The molecule has 10 aromatic rings. The highest BCUT2D eigenvalue weighted by Gasteiger charge is 2.22. The molecule has 0 aliphatic carbocycles. The molecule has 0 saturated heterocycles. The lowest BCUT2D eigenvalue weighted by Gasteiger charge is -2.18. The van der Waals surface area contributed by atoms with E-state index < -0.39 is 0 Å². The van der Waals surface area contributed by atoms with Crippen LogP contribution in [-0.2, 0) is 0 Å². The fourth-order valence-corrected chi connectivity index (χ4v) is 7.39. The minimum absolute atomic E-state index is 0.429. The van der Waals surface area contributed by atoms with Gasteiger partial charge in [0.25, 0.3) is 0 Å². The van der Waals surface area contributed by atoms with Crippen molar-refractivity contribution >= 4 is 0 Å². The van der Waals surface area contributed by atoms with Gasteiger partial charge in [-0.1, -0.05) is 158 Å². The maximum atomic E-state index is 6.29. The van der Waals surface area contributed by atoms with Gasteiger partial charge in [-0.05, 0) is 22.3 Å². The van der Waals surface area contributed by atoms with Crippen molar-refractivity contribution in [2.24, 2.45) is 0 Å². The SMILES string of the molecule is c1ccc(-c2cccc(-c3ccccc3)c2-n2ccnc2-c2ncc(Oc3cnc(-c4nccn4-c4c(-c5ccccc5)cccc4-c4ccccc4)[nH]3)[nH]2)cc1. The summed E-state index contributed by atoms with van der Waals surface area (Å²) in [5.41, 5.74) is 10.7. The number of nitrogens with one attached hydrogen (secondary N) is 2. The summed E-state index contributed by atoms with van der Waals surface area (Å²) >= 11 is 0. The van der Waals surface area contributed by atoms with Crippen LogP contribution in [0.1, 0.15) is 0 Å². The molecule has 4 heterocycles. The van der Waals surface area contributed by atoms with Crippen LogP contribution in [0.2, 0.25) is 0 Å². The Hall–Kier alpha value is -8.04. The summed E-state index contributed by atoms with van der Waals surface area (Å²) in [6.45, 7) is 0. The standard InChI is InChI=1S/C48H34N8O/c1-5-15-33(16-6-1)37-23-13-24-38(34-17-7-2-8-18-34)43(37)55-29-27-49-47(55)45-51-31-41(53-45)57-42-32-52-46(54-42)48-50-28-30-56(48)44-39(35-19-9-3-10-20-35)25-14-26-40(44)36-21-11-4-12-22-36/h1-32H,(H,51,53)(H,52,54). The highest BCUT2D eigenvalue weighted by Crippen LogP contribution is 2.39. The van der Waals surface area contributed by atoms with Gasteiger partial charge in [-0.25, -0.2) is 19.9 Å². The van der Waals surface area contributed by atoms with Crippen LogP contribution in [0, 0.1) is 0 Å². The monoisotopic (exact) mass is 738 g/mol. The molecule has 9 nitrogen and oxygen atoms in total. The lowest BCUT2D eigenvalue weighted by molar-refractivity contribution is 0.450. The average molecular weight is 739 g/mol. The molecule has 0 atom stereocenters. The van der Waals surface area contributed by atoms with E-state index in [1.165, 1.54) is 0 Å². The number of nitrogens with zero attached hydrogens (tertiary/aromatic N) is 6. The van der Waals surface area contributed by atoms with E-state index in [1.54, 1.807) is 24.8 Å². The van der Waals surface area contributed by atoms with Gasteiger partial charge in [0, 0.05) is 47.0 Å². The third-order valence-corrected chi connectivity index (χ3v) is 9.92. The Morgan fingerprint density at radius 3 is 1.04 bits per heavy atom. The third-order valence-electron chi connectivity index (χ3n) is 9.92. The topological polar surface area (TPSA) is 102 Å². The Morgan fingerprint density at radius 2 is 0.702 bits per heavy atom. The van der Waals surface area contributed by atoms with Crippen LogP contribution in [0.4, 0.5) is 0 Å². The van der Waals surface area contributed by atoms with E-state index in [2.05, 4.69) is 153 Å². The number of rotatable bonds is 10. The van der Waals surface area contributed by atoms with Gasteiger partial charge in [0.05, 0.1) is 23.8 Å². The van der Waals surface area contributed by atoms with E-state index in [4.69, 9.17) is 24.7 Å².